The maximum atomic E-state index is 12.1. The number of carbonyl (C=O) groups excluding carboxylic acids is 1. The summed E-state index contributed by atoms with van der Waals surface area (Å²) in [5.74, 6) is 1.45. The van der Waals surface area contributed by atoms with Gasteiger partial charge in [-0.05, 0) is 61.7 Å². The molecule has 0 saturated carbocycles. The van der Waals surface area contributed by atoms with Crippen molar-refractivity contribution in [2.45, 2.75) is 19.4 Å². The lowest BCUT2D eigenvalue weighted by Crippen LogP contribution is -2.26. The largest absolute Gasteiger partial charge is 0.489 e. The van der Waals surface area contributed by atoms with Crippen molar-refractivity contribution in [3.8, 4) is 5.75 Å². The second-order valence-corrected chi connectivity index (χ2v) is 6.20. The molecular formula is C20H24N2O2. The van der Waals surface area contributed by atoms with E-state index in [1.54, 1.807) is 0 Å². The van der Waals surface area contributed by atoms with Gasteiger partial charge in [-0.2, -0.15) is 0 Å². The molecule has 126 valence electrons. The minimum Gasteiger partial charge on any atom is -0.489 e. The third-order valence-electron chi connectivity index (χ3n) is 4.37. The predicted molar refractivity (Wildman–Crippen MR) is 95.1 cm³/mol. The molecule has 1 fully saturated rings. The third-order valence-corrected chi connectivity index (χ3v) is 4.37. The summed E-state index contributed by atoms with van der Waals surface area (Å²) in [4.78, 5) is 12.1. The molecule has 2 aromatic carbocycles. The molecule has 0 bridgehead atoms. The number of rotatable bonds is 7. The van der Waals surface area contributed by atoms with Gasteiger partial charge in [0.1, 0.15) is 12.4 Å². The highest BCUT2D eigenvalue weighted by Gasteiger charge is 2.14. The van der Waals surface area contributed by atoms with E-state index in [0.29, 0.717) is 18.1 Å². The molecule has 4 heteroatoms. The number of benzene rings is 2. The van der Waals surface area contributed by atoms with Crippen LogP contribution in [0.4, 0.5) is 0 Å². The van der Waals surface area contributed by atoms with Crippen LogP contribution >= 0.6 is 0 Å². The number of hydrogen-bond acceptors (Lipinski definition) is 3. The summed E-state index contributed by atoms with van der Waals surface area (Å²) < 4.78 is 5.74. The van der Waals surface area contributed by atoms with Gasteiger partial charge in [-0.25, -0.2) is 0 Å². The average Bonchev–Trinajstić information content (AvgIpc) is 3.15. The van der Waals surface area contributed by atoms with Crippen LogP contribution in [0.2, 0.25) is 0 Å². The Hall–Kier alpha value is -2.33. The first kappa shape index (κ1) is 16.5. The standard InChI is InChI=1S/C20H24N2O2/c23-20(22-13-11-16-10-12-21-14-16)18-6-8-19(9-7-18)24-15-17-4-2-1-3-5-17/h1-9,16,21H,10-15H2,(H,22,23). The molecule has 2 N–H and O–H groups in total. The second-order valence-electron chi connectivity index (χ2n) is 6.20. The predicted octanol–water partition coefficient (Wildman–Crippen LogP) is 3.00. The van der Waals surface area contributed by atoms with E-state index in [1.807, 2.05) is 54.6 Å². The first-order valence-corrected chi connectivity index (χ1v) is 8.57. The van der Waals surface area contributed by atoms with Crippen LogP contribution in [0.3, 0.4) is 0 Å². The first-order valence-electron chi connectivity index (χ1n) is 8.57. The fourth-order valence-electron chi connectivity index (χ4n) is 2.90. The van der Waals surface area contributed by atoms with Crippen molar-refractivity contribution < 1.29 is 9.53 Å². The molecular weight excluding hydrogens is 300 g/mol. The molecule has 0 aliphatic carbocycles. The van der Waals surface area contributed by atoms with Crippen LogP contribution in [0.1, 0.15) is 28.8 Å². The molecule has 1 unspecified atom stereocenters. The van der Waals surface area contributed by atoms with Crippen LogP contribution in [0.25, 0.3) is 0 Å². The summed E-state index contributed by atoms with van der Waals surface area (Å²) in [7, 11) is 0. The van der Waals surface area contributed by atoms with Crippen molar-refractivity contribution in [1.82, 2.24) is 10.6 Å². The number of amides is 1. The molecule has 3 rings (SSSR count). The third kappa shape index (κ3) is 4.83. The number of nitrogens with one attached hydrogen (secondary N) is 2. The Morgan fingerprint density at radius 1 is 1.12 bits per heavy atom. The van der Waals surface area contributed by atoms with Gasteiger partial charge in [-0.3, -0.25) is 4.79 Å². The van der Waals surface area contributed by atoms with E-state index in [-0.39, 0.29) is 5.91 Å². The van der Waals surface area contributed by atoms with Crippen LogP contribution in [-0.4, -0.2) is 25.5 Å². The molecule has 2 aromatic rings. The van der Waals surface area contributed by atoms with Crippen molar-refractivity contribution in [2.75, 3.05) is 19.6 Å². The van der Waals surface area contributed by atoms with E-state index in [9.17, 15) is 4.79 Å². The van der Waals surface area contributed by atoms with Crippen molar-refractivity contribution in [3.05, 3.63) is 65.7 Å². The summed E-state index contributed by atoms with van der Waals surface area (Å²) in [6.07, 6.45) is 2.25. The fourth-order valence-corrected chi connectivity index (χ4v) is 2.90. The Bertz CT molecular complexity index is 634. The highest BCUT2D eigenvalue weighted by molar-refractivity contribution is 5.94. The van der Waals surface area contributed by atoms with E-state index in [4.69, 9.17) is 4.74 Å². The molecule has 1 atom stereocenters. The Morgan fingerprint density at radius 3 is 2.62 bits per heavy atom. The van der Waals surface area contributed by atoms with Crippen LogP contribution in [0.5, 0.6) is 5.75 Å². The number of carbonyl (C=O) groups is 1. The summed E-state index contributed by atoms with van der Waals surface area (Å²) in [5, 5.41) is 6.34. The highest BCUT2D eigenvalue weighted by Crippen LogP contribution is 2.15. The quantitative estimate of drug-likeness (QED) is 0.823. The van der Waals surface area contributed by atoms with Crippen molar-refractivity contribution in [2.24, 2.45) is 5.92 Å². The van der Waals surface area contributed by atoms with Crippen LogP contribution < -0.4 is 15.4 Å². The molecule has 0 radical (unpaired) electrons. The normalized spacial score (nSPS) is 16.8. The van der Waals surface area contributed by atoms with E-state index >= 15 is 0 Å². The minimum atomic E-state index is -0.0180. The zero-order valence-corrected chi connectivity index (χ0v) is 13.8. The molecule has 1 aliphatic rings. The molecule has 24 heavy (non-hydrogen) atoms. The SMILES string of the molecule is O=C(NCCC1CCNC1)c1ccc(OCc2ccccc2)cc1. The molecule has 0 spiro atoms. The van der Waals surface area contributed by atoms with Crippen molar-refractivity contribution >= 4 is 5.91 Å². The Labute approximate surface area is 143 Å². The Balaban J connectivity index is 1.43. The van der Waals surface area contributed by atoms with Gasteiger partial charge in [0.05, 0.1) is 0 Å². The Kier molecular flexibility index (Phi) is 5.85. The van der Waals surface area contributed by atoms with E-state index < -0.39 is 0 Å². The maximum absolute atomic E-state index is 12.1. The van der Waals surface area contributed by atoms with Gasteiger partial charge in [-0.15, -0.1) is 0 Å². The number of hydrogen-bond donors (Lipinski definition) is 2. The van der Waals surface area contributed by atoms with E-state index in [0.717, 1.165) is 37.4 Å². The van der Waals surface area contributed by atoms with Crippen molar-refractivity contribution in [3.63, 3.8) is 0 Å². The zero-order valence-electron chi connectivity index (χ0n) is 13.8. The maximum Gasteiger partial charge on any atom is 0.251 e. The lowest BCUT2D eigenvalue weighted by Gasteiger charge is -2.10. The van der Waals surface area contributed by atoms with Crippen LogP contribution in [-0.2, 0) is 6.61 Å². The second kappa shape index (κ2) is 8.50. The molecule has 1 aliphatic heterocycles. The summed E-state index contributed by atoms with van der Waals surface area (Å²) in [6.45, 7) is 3.44. The van der Waals surface area contributed by atoms with Gasteiger partial charge in [0.15, 0.2) is 0 Å². The molecule has 4 nitrogen and oxygen atoms in total. The van der Waals surface area contributed by atoms with E-state index in [2.05, 4.69) is 10.6 Å². The van der Waals surface area contributed by atoms with Gasteiger partial charge >= 0.3 is 0 Å². The molecule has 0 aromatic heterocycles. The van der Waals surface area contributed by atoms with E-state index in [1.165, 1.54) is 6.42 Å². The van der Waals surface area contributed by atoms with Gasteiger partial charge in [-0.1, -0.05) is 30.3 Å². The number of ether oxygens (including phenoxy) is 1. The van der Waals surface area contributed by atoms with Crippen LogP contribution in [0.15, 0.2) is 54.6 Å². The summed E-state index contributed by atoms with van der Waals surface area (Å²) in [5.41, 5.74) is 1.80. The smallest absolute Gasteiger partial charge is 0.251 e. The summed E-state index contributed by atoms with van der Waals surface area (Å²) >= 11 is 0. The topological polar surface area (TPSA) is 50.4 Å². The average molecular weight is 324 g/mol. The van der Waals surface area contributed by atoms with Gasteiger partial charge < -0.3 is 15.4 Å². The highest BCUT2D eigenvalue weighted by atomic mass is 16.5. The monoisotopic (exact) mass is 324 g/mol. The molecule has 1 amide bonds. The van der Waals surface area contributed by atoms with Gasteiger partial charge in [0.2, 0.25) is 0 Å². The lowest BCUT2D eigenvalue weighted by molar-refractivity contribution is 0.0951. The van der Waals surface area contributed by atoms with Crippen molar-refractivity contribution in [1.29, 1.82) is 0 Å². The Morgan fingerprint density at radius 2 is 1.92 bits per heavy atom. The summed E-state index contributed by atoms with van der Waals surface area (Å²) in [6, 6.07) is 17.3. The van der Waals surface area contributed by atoms with Gasteiger partial charge in [0, 0.05) is 12.1 Å². The zero-order chi connectivity index (χ0) is 16.6. The molecule has 1 saturated heterocycles. The lowest BCUT2D eigenvalue weighted by atomic mass is 10.1. The van der Waals surface area contributed by atoms with Crippen LogP contribution in [0, 0.1) is 5.92 Å². The first-order chi connectivity index (χ1) is 11.8. The minimum absolute atomic E-state index is 0.0180. The fraction of sp³-hybridized carbons (Fsp3) is 0.350. The molecule has 1 heterocycles. The van der Waals surface area contributed by atoms with Gasteiger partial charge in [0.25, 0.3) is 5.91 Å².